The molecular formula is C18H31NO5. The molecule has 1 aliphatic rings. The van der Waals surface area contributed by atoms with Crippen LogP contribution in [0.1, 0.15) is 54.4 Å². The quantitative estimate of drug-likeness (QED) is 0.420. The van der Waals surface area contributed by atoms with Crippen molar-refractivity contribution in [1.82, 2.24) is 4.90 Å². The van der Waals surface area contributed by atoms with Gasteiger partial charge in [0.15, 0.2) is 0 Å². The van der Waals surface area contributed by atoms with Gasteiger partial charge in [0.1, 0.15) is 6.10 Å². The zero-order valence-corrected chi connectivity index (χ0v) is 16.0. The minimum atomic E-state index is -0.470. The highest BCUT2D eigenvalue weighted by atomic mass is 16.6. The summed E-state index contributed by atoms with van der Waals surface area (Å²) in [6.45, 7) is 12.5. The molecule has 0 bridgehead atoms. The molecule has 0 spiro atoms. The third-order valence-electron chi connectivity index (χ3n) is 4.45. The van der Waals surface area contributed by atoms with Crippen LogP contribution in [-0.2, 0) is 23.8 Å². The average molecular weight is 341 g/mol. The number of ether oxygens (including phenoxy) is 3. The third-order valence-corrected chi connectivity index (χ3v) is 4.45. The second kappa shape index (κ2) is 8.01. The molecule has 6 heteroatoms. The molecule has 0 saturated carbocycles. The second-order valence-electron chi connectivity index (χ2n) is 7.31. The van der Waals surface area contributed by atoms with Gasteiger partial charge >= 0.3 is 11.9 Å². The number of methoxy groups -OCH3 is 1. The molecule has 1 fully saturated rings. The smallest absolute Gasteiger partial charge is 0.372 e. The summed E-state index contributed by atoms with van der Waals surface area (Å²) in [4.78, 5) is 25.8. The lowest BCUT2D eigenvalue weighted by Gasteiger charge is -2.54. The first-order valence-electron chi connectivity index (χ1n) is 8.42. The predicted molar refractivity (Wildman–Crippen MR) is 91.4 cm³/mol. The molecule has 0 aromatic carbocycles. The Morgan fingerprint density at radius 2 is 1.71 bits per heavy atom. The number of hydrogen-bond donors (Lipinski definition) is 0. The van der Waals surface area contributed by atoms with Crippen molar-refractivity contribution in [2.75, 3.05) is 20.3 Å². The lowest BCUT2D eigenvalue weighted by atomic mass is 9.78. The van der Waals surface area contributed by atoms with Crippen LogP contribution in [0.3, 0.4) is 0 Å². The Balaban J connectivity index is 2.90. The molecule has 6 nitrogen and oxygen atoms in total. The van der Waals surface area contributed by atoms with Crippen LogP contribution >= 0.6 is 0 Å². The van der Waals surface area contributed by atoms with E-state index in [-0.39, 0.29) is 35.5 Å². The van der Waals surface area contributed by atoms with E-state index in [2.05, 4.69) is 32.6 Å². The zero-order chi connectivity index (χ0) is 18.5. The van der Waals surface area contributed by atoms with Crippen molar-refractivity contribution in [3.8, 4) is 0 Å². The van der Waals surface area contributed by atoms with Crippen molar-refractivity contribution in [3.63, 3.8) is 0 Å². The van der Waals surface area contributed by atoms with Crippen molar-refractivity contribution in [2.24, 2.45) is 0 Å². The van der Waals surface area contributed by atoms with Crippen molar-refractivity contribution < 1.29 is 23.8 Å². The lowest BCUT2D eigenvalue weighted by molar-refractivity contribution is -0.156. The Morgan fingerprint density at radius 1 is 1.17 bits per heavy atom. The number of rotatable bonds is 6. The molecule has 0 aromatic rings. The molecular weight excluding hydrogens is 310 g/mol. The molecule has 0 radical (unpaired) electrons. The topological polar surface area (TPSA) is 65.1 Å². The highest BCUT2D eigenvalue weighted by Crippen LogP contribution is 2.40. The van der Waals surface area contributed by atoms with E-state index in [9.17, 15) is 9.59 Å². The van der Waals surface area contributed by atoms with Gasteiger partial charge in [-0.05, 0) is 47.6 Å². The first-order chi connectivity index (χ1) is 11.1. The molecule has 0 aliphatic carbocycles. The van der Waals surface area contributed by atoms with Gasteiger partial charge in [-0.3, -0.25) is 9.69 Å². The highest BCUT2D eigenvalue weighted by Gasteiger charge is 2.47. The maximum atomic E-state index is 12.0. The van der Waals surface area contributed by atoms with Gasteiger partial charge in [0.2, 0.25) is 5.76 Å². The molecule has 0 aromatic heterocycles. The minimum Gasteiger partial charge on any atom is -0.483 e. The van der Waals surface area contributed by atoms with E-state index in [1.165, 1.54) is 7.11 Å². The number of allylic oxidation sites excluding steroid dienone is 1. The Labute approximate surface area is 145 Å². The largest absolute Gasteiger partial charge is 0.483 e. The fraction of sp³-hybridized carbons (Fsp3) is 0.778. The fourth-order valence-corrected chi connectivity index (χ4v) is 3.59. The van der Waals surface area contributed by atoms with E-state index in [4.69, 9.17) is 14.2 Å². The van der Waals surface area contributed by atoms with E-state index >= 15 is 0 Å². The third kappa shape index (κ3) is 4.97. The van der Waals surface area contributed by atoms with Crippen LogP contribution in [0, 0.1) is 0 Å². The van der Waals surface area contributed by atoms with Crippen LogP contribution in [0.4, 0.5) is 0 Å². The average Bonchev–Trinajstić information content (AvgIpc) is 2.47. The fourth-order valence-electron chi connectivity index (χ4n) is 3.59. The van der Waals surface area contributed by atoms with Crippen molar-refractivity contribution >= 4 is 11.9 Å². The van der Waals surface area contributed by atoms with Gasteiger partial charge in [-0.1, -0.05) is 0 Å². The van der Waals surface area contributed by atoms with Gasteiger partial charge in [0, 0.05) is 23.9 Å². The summed E-state index contributed by atoms with van der Waals surface area (Å²) < 4.78 is 15.8. The zero-order valence-electron chi connectivity index (χ0n) is 16.0. The van der Waals surface area contributed by atoms with E-state index < -0.39 is 5.97 Å². The van der Waals surface area contributed by atoms with Crippen LogP contribution in [0.5, 0.6) is 0 Å². The predicted octanol–water partition coefficient (Wildman–Crippen LogP) is 2.66. The Kier molecular flexibility index (Phi) is 6.84. The van der Waals surface area contributed by atoms with Gasteiger partial charge in [0.25, 0.3) is 0 Å². The molecule has 1 aliphatic heterocycles. The highest BCUT2D eigenvalue weighted by molar-refractivity contribution is 5.86. The molecule has 0 amide bonds. The normalized spacial score (nSPS) is 21.2. The Bertz CT molecular complexity index is 478. The number of carbonyl (C=O) groups is 2. The van der Waals surface area contributed by atoms with Crippen molar-refractivity contribution in [2.45, 2.75) is 71.6 Å². The first kappa shape index (κ1) is 20.5. The molecule has 1 saturated heterocycles. The summed E-state index contributed by atoms with van der Waals surface area (Å²) >= 11 is 0. The lowest BCUT2D eigenvalue weighted by Crippen LogP contribution is -2.63. The summed E-state index contributed by atoms with van der Waals surface area (Å²) in [5.41, 5.74) is -0.539. The van der Waals surface area contributed by atoms with Gasteiger partial charge in [-0.15, -0.1) is 0 Å². The number of nitrogens with zero attached hydrogens (tertiary/aromatic N) is 1. The molecule has 0 N–H and O–H groups in total. The number of esters is 2. The standard InChI is InChI=1S/C18H31NO5/c1-8-14(16(21)22-7)24-13-10-17(3,4)19(18(5,6)11-13)12-15(20)23-9-2/h8,13H,9-12H2,1-7H3. The second-order valence-corrected chi connectivity index (χ2v) is 7.31. The van der Waals surface area contributed by atoms with Crippen LogP contribution in [0.15, 0.2) is 11.8 Å². The summed E-state index contributed by atoms with van der Waals surface area (Å²) in [7, 11) is 1.34. The van der Waals surface area contributed by atoms with E-state index in [0.29, 0.717) is 19.4 Å². The summed E-state index contributed by atoms with van der Waals surface area (Å²) in [6, 6.07) is 0. The first-order valence-corrected chi connectivity index (χ1v) is 8.42. The SMILES string of the molecule is CC=C(OC1CC(C)(C)N(CC(=O)OCC)C(C)(C)C1)C(=O)OC. The molecule has 138 valence electrons. The number of likely N-dealkylation sites (tertiary alicyclic amines) is 1. The van der Waals surface area contributed by atoms with Gasteiger partial charge < -0.3 is 14.2 Å². The number of piperidine rings is 1. The van der Waals surface area contributed by atoms with Crippen LogP contribution < -0.4 is 0 Å². The minimum absolute atomic E-state index is 0.126. The van der Waals surface area contributed by atoms with Crippen LogP contribution in [0.25, 0.3) is 0 Å². The maximum absolute atomic E-state index is 12.0. The summed E-state index contributed by atoms with van der Waals surface area (Å²) in [5, 5.41) is 0. The molecule has 1 heterocycles. The van der Waals surface area contributed by atoms with Gasteiger partial charge in [-0.2, -0.15) is 0 Å². The van der Waals surface area contributed by atoms with E-state index in [1.54, 1.807) is 19.9 Å². The summed E-state index contributed by atoms with van der Waals surface area (Å²) in [5.74, 6) is -0.461. The molecule has 1 rings (SSSR count). The molecule has 24 heavy (non-hydrogen) atoms. The van der Waals surface area contributed by atoms with Crippen LogP contribution in [0.2, 0.25) is 0 Å². The monoisotopic (exact) mass is 341 g/mol. The van der Waals surface area contributed by atoms with Crippen LogP contribution in [-0.4, -0.2) is 54.3 Å². The van der Waals surface area contributed by atoms with Gasteiger partial charge in [-0.25, -0.2) is 4.79 Å². The maximum Gasteiger partial charge on any atom is 0.372 e. The number of hydrogen-bond acceptors (Lipinski definition) is 6. The van der Waals surface area contributed by atoms with E-state index in [1.807, 2.05) is 0 Å². The summed E-state index contributed by atoms with van der Waals surface area (Å²) in [6.07, 6.45) is 2.89. The molecule has 0 atom stereocenters. The van der Waals surface area contributed by atoms with E-state index in [0.717, 1.165) is 0 Å². The van der Waals surface area contributed by atoms with Crippen molar-refractivity contribution in [1.29, 1.82) is 0 Å². The number of carbonyl (C=O) groups excluding carboxylic acids is 2. The van der Waals surface area contributed by atoms with Crippen molar-refractivity contribution in [3.05, 3.63) is 11.8 Å². The molecule has 0 unspecified atom stereocenters. The van der Waals surface area contributed by atoms with Gasteiger partial charge in [0.05, 0.1) is 20.3 Å². The Morgan fingerprint density at radius 3 is 2.12 bits per heavy atom. The Hall–Kier alpha value is -1.56.